The van der Waals surface area contributed by atoms with Crippen LogP contribution in [-0.4, -0.2) is 34.9 Å². The summed E-state index contributed by atoms with van der Waals surface area (Å²) >= 11 is 0. The minimum absolute atomic E-state index is 0. The van der Waals surface area contributed by atoms with Crippen LogP contribution in [0.2, 0.25) is 0 Å². The molecule has 0 aliphatic carbocycles. The number of halogens is 1. The van der Waals surface area contributed by atoms with E-state index in [0.717, 1.165) is 24.8 Å². The summed E-state index contributed by atoms with van der Waals surface area (Å²) in [7, 11) is 2.08. The van der Waals surface area contributed by atoms with Crippen LogP contribution in [0, 0.1) is 16.0 Å². The summed E-state index contributed by atoms with van der Waals surface area (Å²) in [6.07, 6.45) is 2.90. The highest BCUT2D eigenvalue weighted by atomic mass is 35.5. The number of piperidine rings is 1. The normalized spacial score (nSPS) is 26.3. The molecule has 0 saturated carbocycles. The Bertz CT molecular complexity index is 843. The maximum atomic E-state index is 13.1. The van der Waals surface area contributed by atoms with Gasteiger partial charge in [-0.25, -0.2) is 0 Å². The van der Waals surface area contributed by atoms with E-state index in [1.54, 1.807) is 24.3 Å². The number of nitrogens with zero attached hydrogens (tertiary/aromatic N) is 2. The number of fused-ring (bicyclic) bond motifs is 2. The molecule has 2 fully saturated rings. The first kappa shape index (κ1) is 20.3. The molecule has 2 bridgehead atoms. The number of hydrogen-bond donors (Lipinski definition) is 0. The van der Waals surface area contributed by atoms with Crippen molar-refractivity contribution in [2.24, 2.45) is 5.92 Å². The summed E-state index contributed by atoms with van der Waals surface area (Å²) in [5.74, 6) is 0.0561. The van der Waals surface area contributed by atoms with Gasteiger partial charge in [0.25, 0.3) is 5.69 Å². The third kappa shape index (κ3) is 3.75. The van der Waals surface area contributed by atoms with Crippen LogP contribution in [0.5, 0.6) is 5.75 Å². The molecule has 2 saturated heterocycles. The van der Waals surface area contributed by atoms with Gasteiger partial charge in [0.2, 0.25) is 0 Å². The lowest BCUT2D eigenvalue weighted by Crippen LogP contribution is -2.49. The van der Waals surface area contributed by atoms with E-state index in [1.165, 1.54) is 12.1 Å². The molecule has 0 aromatic heterocycles. The van der Waals surface area contributed by atoms with Crippen molar-refractivity contribution >= 4 is 24.1 Å². The average molecular weight is 403 g/mol. The highest BCUT2D eigenvalue weighted by Gasteiger charge is 2.49. The number of ether oxygens (including phenoxy) is 1. The summed E-state index contributed by atoms with van der Waals surface area (Å²) in [4.78, 5) is 26.0. The number of benzene rings is 2. The molecule has 4 atom stereocenters. The average Bonchev–Trinajstić information content (AvgIpc) is 2.91. The van der Waals surface area contributed by atoms with Gasteiger partial charge in [-0.3, -0.25) is 19.8 Å². The summed E-state index contributed by atoms with van der Waals surface area (Å²) in [5, 5.41) is 10.9. The topological polar surface area (TPSA) is 72.7 Å². The van der Waals surface area contributed by atoms with Crippen molar-refractivity contribution in [1.82, 2.24) is 4.90 Å². The largest absolute Gasteiger partial charge is 0.426 e. The van der Waals surface area contributed by atoms with E-state index in [2.05, 4.69) is 11.9 Å². The fraction of sp³-hybridized carbons (Fsp3) is 0.381. The number of esters is 1. The zero-order valence-electron chi connectivity index (χ0n) is 15.6. The minimum Gasteiger partial charge on any atom is -0.426 e. The number of non-ortho nitro benzene ring substituents is 1. The van der Waals surface area contributed by atoms with Crippen molar-refractivity contribution in [3.63, 3.8) is 0 Å². The van der Waals surface area contributed by atoms with E-state index in [9.17, 15) is 14.9 Å². The quantitative estimate of drug-likeness (QED) is 0.332. The third-order valence-corrected chi connectivity index (χ3v) is 6.03. The number of hydrogen-bond acceptors (Lipinski definition) is 5. The van der Waals surface area contributed by atoms with Gasteiger partial charge >= 0.3 is 5.97 Å². The highest BCUT2D eigenvalue weighted by molar-refractivity contribution is 5.85. The predicted molar refractivity (Wildman–Crippen MR) is 108 cm³/mol. The van der Waals surface area contributed by atoms with Crippen LogP contribution in [0.15, 0.2) is 54.6 Å². The SMILES string of the molecule is CN1C2CCC1C(C(=O)Oc1ccccc1)C(c1ccc([N+](=O)[O-])cc1)C2.Cl. The first-order valence-electron chi connectivity index (χ1n) is 9.27. The van der Waals surface area contributed by atoms with Crippen molar-refractivity contribution in [2.45, 2.75) is 37.3 Å². The zero-order chi connectivity index (χ0) is 19.0. The van der Waals surface area contributed by atoms with Crippen molar-refractivity contribution in [3.8, 4) is 5.75 Å². The Labute approximate surface area is 170 Å². The number of nitro groups is 1. The summed E-state index contributed by atoms with van der Waals surface area (Å²) in [6.45, 7) is 0. The maximum Gasteiger partial charge on any atom is 0.316 e. The van der Waals surface area contributed by atoms with E-state index in [-0.39, 0.29) is 41.9 Å². The van der Waals surface area contributed by atoms with Gasteiger partial charge in [-0.2, -0.15) is 0 Å². The lowest BCUT2D eigenvalue weighted by molar-refractivity contribution is -0.384. The molecule has 2 aliphatic rings. The standard InChI is InChI=1S/C21H22N2O4.ClH/c1-22-16-11-12-19(22)20(21(24)27-17-5-3-2-4-6-17)18(13-16)14-7-9-15(10-8-14)23(25)26;/h2-10,16,18-20H,11-13H2,1H3;1H. The molecular weight excluding hydrogens is 380 g/mol. The Hall–Kier alpha value is -2.44. The molecule has 28 heavy (non-hydrogen) atoms. The van der Waals surface area contributed by atoms with Gasteiger partial charge < -0.3 is 4.74 Å². The lowest BCUT2D eigenvalue weighted by atomic mass is 9.76. The van der Waals surface area contributed by atoms with E-state index < -0.39 is 4.92 Å². The minimum atomic E-state index is -0.400. The van der Waals surface area contributed by atoms with Crippen molar-refractivity contribution < 1.29 is 14.5 Å². The fourth-order valence-electron chi connectivity index (χ4n) is 4.65. The molecule has 4 rings (SSSR count). The van der Waals surface area contributed by atoms with Gasteiger partial charge in [0.05, 0.1) is 10.8 Å². The van der Waals surface area contributed by atoms with Gasteiger partial charge in [-0.15, -0.1) is 12.4 Å². The van der Waals surface area contributed by atoms with Crippen molar-refractivity contribution in [2.75, 3.05) is 7.05 Å². The van der Waals surface area contributed by atoms with E-state index >= 15 is 0 Å². The highest BCUT2D eigenvalue weighted by Crippen LogP contribution is 2.46. The van der Waals surface area contributed by atoms with E-state index in [1.807, 2.05) is 18.2 Å². The number of nitro benzene ring substituents is 1. The molecule has 0 radical (unpaired) electrons. The molecule has 2 aromatic rings. The van der Waals surface area contributed by atoms with Crippen molar-refractivity contribution in [1.29, 1.82) is 0 Å². The fourth-order valence-corrected chi connectivity index (χ4v) is 4.65. The molecular formula is C21H23ClN2O4. The van der Waals surface area contributed by atoms with Crippen LogP contribution in [0.1, 0.15) is 30.7 Å². The first-order chi connectivity index (χ1) is 13.0. The molecule has 6 nitrogen and oxygen atoms in total. The molecule has 2 aromatic carbocycles. The van der Waals surface area contributed by atoms with E-state index in [0.29, 0.717) is 11.8 Å². The molecule has 2 aliphatic heterocycles. The molecule has 4 unspecified atom stereocenters. The lowest BCUT2D eigenvalue weighted by Gasteiger charge is -2.41. The van der Waals surface area contributed by atoms with Gasteiger partial charge in [-0.1, -0.05) is 30.3 Å². The van der Waals surface area contributed by atoms with Gasteiger partial charge in [-0.05, 0) is 44.0 Å². The number of carbonyl (C=O) groups excluding carboxylic acids is 1. The van der Waals surface area contributed by atoms with E-state index in [4.69, 9.17) is 4.74 Å². The molecule has 2 heterocycles. The number of carbonyl (C=O) groups is 1. The molecule has 0 amide bonds. The van der Waals surface area contributed by atoms with Crippen LogP contribution in [0.25, 0.3) is 0 Å². The summed E-state index contributed by atoms with van der Waals surface area (Å²) in [5.41, 5.74) is 1.04. The Morgan fingerprint density at radius 1 is 1.11 bits per heavy atom. The Morgan fingerprint density at radius 2 is 1.79 bits per heavy atom. The zero-order valence-corrected chi connectivity index (χ0v) is 16.4. The molecule has 0 spiro atoms. The monoisotopic (exact) mass is 402 g/mol. The Kier molecular flexibility index (Phi) is 6.01. The van der Waals surface area contributed by atoms with Crippen molar-refractivity contribution in [3.05, 3.63) is 70.3 Å². The Morgan fingerprint density at radius 3 is 2.43 bits per heavy atom. The van der Waals surface area contributed by atoms with Gasteiger partial charge in [0.15, 0.2) is 0 Å². The van der Waals surface area contributed by atoms with Crippen LogP contribution >= 0.6 is 12.4 Å². The predicted octanol–water partition coefficient (Wildman–Crippen LogP) is 4.19. The molecule has 0 N–H and O–H groups in total. The van der Waals surface area contributed by atoms with Gasteiger partial charge in [0.1, 0.15) is 5.75 Å². The second-order valence-electron chi connectivity index (χ2n) is 7.41. The second kappa shape index (κ2) is 8.29. The smallest absolute Gasteiger partial charge is 0.316 e. The first-order valence-corrected chi connectivity index (χ1v) is 9.27. The maximum absolute atomic E-state index is 13.1. The van der Waals surface area contributed by atoms with Crippen LogP contribution in [-0.2, 0) is 4.79 Å². The van der Waals surface area contributed by atoms with Crippen LogP contribution in [0.4, 0.5) is 5.69 Å². The molecule has 148 valence electrons. The summed E-state index contributed by atoms with van der Waals surface area (Å²) < 4.78 is 5.69. The molecule has 7 heteroatoms. The third-order valence-electron chi connectivity index (χ3n) is 6.03. The Balaban J connectivity index is 0.00000225. The second-order valence-corrected chi connectivity index (χ2v) is 7.41. The number of para-hydroxylation sites is 1. The van der Waals surface area contributed by atoms with Gasteiger partial charge in [0, 0.05) is 30.1 Å². The van der Waals surface area contributed by atoms with Crippen LogP contribution < -0.4 is 4.74 Å². The number of rotatable bonds is 4. The van der Waals surface area contributed by atoms with Crippen LogP contribution in [0.3, 0.4) is 0 Å². The summed E-state index contributed by atoms with van der Waals surface area (Å²) in [6, 6.07) is 16.3.